The highest BCUT2D eigenvalue weighted by atomic mass is 16.5. The number of ether oxygens (including phenoxy) is 2. The van der Waals surface area contributed by atoms with Gasteiger partial charge in [-0.05, 0) is 55.1 Å². The number of likely N-dealkylation sites (N-methyl/N-ethyl adjacent to an activating group) is 2. The van der Waals surface area contributed by atoms with Gasteiger partial charge in [0.25, 0.3) is 0 Å². The fourth-order valence-electron chi connectivity index (χ4n) is 9.74. The Morgan fingerprint density at radius 1 is 0.797 bits per heavy atom. The molecule has 0 aliphatic carbocycles. The number of hydrogen-bond donors (Lipinski definition) is 4. The first-order chi connectivity index (χ1) is 35.1. The Morgan fingerprint density at radius 3 is 2.01 bits per heavy atom. The Morgan fingerprint density at radius 2 is 1.45 bits per heavy atom. The molecule has 1 aliphatic heterocycles. The average molecular weight is 1030 g/mol. The molecule has 1 aromatic heterocycles. The van der Waals surface area contributed by atoms with Crippen LogP contribution in [-0.2, 0) is 56.0 Å². The number of amides is 6. The van der Waals surface area contributed by atoms with Crippen molar-refractivity contribution in [3.8, 4) is 11.4 Å². The summed E-state index contributed by atoms with van der Waals surface area (Å²) in [5.74, 6) is -4.12. The molecular weight excluding hydrogens is 949 g/mol. The van der Waals surface area contributed by atoms with E-state index in [1.165, 1.54) is 19.1 Å². The lowest BCUT2D eigenvalue weighted by Crippen LogP contribution is -2.60. The number of nitrogens with one attached hydrogen (secondary N) is 3. The molecule has 6 amide bonds. The van der Waals surface area contributed by atoms with Gasteiger partial charge in [0.05, 0.1) is 36.6 Å². The highest BCUT2D eigenvalue weighted by Gasteiger charge is 2.44. The molecule has 9 atom stereocenters. The zero-order valence-electron chi connectivity index (χ0n) is 45.4. The smallest absolute Gasteiger partial charge is 0.326 e. The Balaban J connectivity index is 1.37. The first-order valence-corrected chi connectivity index (χ1v) is 25.8. The molecule has 1 aliphatic rings. The third-order valence-electron chi connectivity index (χ3n) is 14.2. The van der Waals surface area contributed by atoms with Crippen molar-refractivity contribution in [2.24, 2.45) is 23.7 Å². The summed E-state index contributed by atoms with van der Waals surface area (Å²) < 4.78 is 12.0. The second-order valence-electron chi connectivity index (χ2n) is 20.2. The van der Waals surface area contributed by atoms with E-state index in [9.17, 15) is 38.7 Å². The van der Waals surface area contributed by atoms with Crippen molar-refractivity contribution in [3.63, 3.8) is 0 Å². The molecule has 1 saturated heterocycles. The van der Waals surface area contributed by atoms with Crippen molar-refractivity contribution >= 4 is 41.4 Å². The molecule has 0 unspecified atom stereocenters. The lowest BCUT2D eigenvalue weighted by molar-refractivity contribution is -0.149. The molecule has 74 heavy (non-hydrogen) atoms. The second-order valence-corrected chi connectivity index (χ2v) is 20.2. The van der Waals surface area contributed by atoms with Gasteiger partial charge in [-0.2, -0.15) is 0 Å². The van der Waals surface area contributed by atoms with Crippen LogP contribution in [0.1, 0.15) is 110 Å². The van der Waals surface area contributed by atoms with Gasteiger partial charge in [-0.15, -0.1) is 20.4 Å². The van der Waals surface area contributed by atoms with Crippen LogP contribution in [0.25, 0.3) is 11.4 Å². The number of likely N-dealkylation sites (tertiary alicyclic amines) is 1. The molecule has 20 heteroatoms. The maximum Gasteiger partial charge on any atom is 0.326 e. The molecule has 4 rings (SSSR count). The molecule has 3 aromatic rings. The van der Waals surface area contributed by atoms with Crippen LogP contribution in [0.2, 0.25) is 0 Å². The Hall–Kier alpha value is -6.41. The molecular formula is C54H80N10O10. The molecule has 2 aromatic carbocycles. The lowest BCUT2D eigenvalue weighted by Gasteiger charge is -2.41. The van der Waals surface area contributed by atoms with Crippen LogP contribution < -0.4 is 16.0 Å². The Labute approximate surface area is 436 Å². The maximum atomic E-state index is 14.7. The van der Waals surface area contributed by atoms with Crippen molar-refractivity contribution in [1.29, 1.82) is 0 Å². The van der Waals surface area contributed by atoms with Gasteiger partial charge in [0.15, 0.2) is 5.82 Å². The summed E-state index contributed by atoms with van der Waals surface area (Å²) in [6, 6.07) is 12.2. The Bertz CT molecular complexity index is 2320. The summed E-state index contributed by atoms with van der Waals surface area (Å²) in [4.78, 5) is 100. The molecule has 4 N–H and O–H groups in total. The third kappa shape index (κ3) is 16.5. The largest absolute Gasteiger partial charge is 0.480 e. The molecule has 2 heterocycles. The number of aryl methyl sites for hydroxylation is 1. The monoisotopic (exact) mass is 1030 g/mol. The van der Waals surface area contributed by atoms with Gasteiger partial charge in [-0.3, -0.25) is 28.8 Å². The zero-order valence-corrected chi connectivity index (χ0v) is 45.4. The van der Waals surface area contributed by atoms with Gasteiger partial charge < -0.3 is 45.2 Å². The van der Waals surface area contributed by atoms with Gasteiger partial charge in [-0.1, -0.05) is 109 Å². The number of aromatic nitrogens is 4. The van der Waals surface area contributed by atoms with E-state index in [0.717, 1.165) is 16.7 Å². The van der Waals surface area contributed by atoms with Crippen molar-refractivity contribution in [3.05, 3.63) is 71.5 Å². The van der Waals surface area contributed by atoms with Crippen molar-refractivity contribution in [2.75, 3.05) is 34.9 Å². The van der Waals surface area contributed by atoms with Crippen LogP contribution in [0, 0.1) is 30.6 Å². The zero-order chi connectivity index (χ0) is 54.8. The van der Waals surface area contributed by atoms with Gasteiger partial charge in [0.2, 0.25) is 41.3 Å². The van der Waals surface area contributed by atoms with Gasteiger partial charge >= 0.3 is 5.97 Å². The summed E-state index contributed by atoms with van der Waals surface area (Å²) in [5.41, 5.74) is 2.36. The van der Waals surface area contributed by atoms with Crippen molar-refractivity contribution in [2.45, 2.75) is 156 Å². The Kier molecular flexibility index (Phi) is 23.5. The first-order valence-electron chi connectivity index (χ1n) is 25.8. The van der Waals surface area contributed by atoms with Crippen LogP contribution in [0.4, 0.5) is 0 Å². The number of nitrogens with zero attached hydrogens (tertiary/aromatic N) is 7. The molecule has 406 valence electrons. The molecule has 0 saturated carbocycles. The van der Waals surface area contributed by atoms with E-state index >= 15 is 0 Å². The van der Waals surface area contributed by atoms with E-state index in [1.54, 1.807) is 62.0 Å². The average Bonchev–Trinajstić information content (AvgIpc) is 3.87. The number of carbonyl (C=O) groups excluding carboxylic acids is 6. The van der Waals surface area contributed by atoms with Gasteiger partial charge in [0, 0.05) is 66.2 Å². The second kappa shape index (κ2) is 28.9. The fourth-order valence-corrected chi connectivity index (χ4v) is 9.74. The van der Waals surface area contributed by atoms with Crippen LogP contribution in [0.5, 0.6) is 0 Å². The van der Waals surface area contributed by atoms with Crippen LogP contribution in [0.15, 0.2) is 54.6 Å². The predicted octanol–water partition coefficient (Wildman–Crippen LogP) is 4.38. The number of carbonyl (C=O) groups is 7. The fraction of sp³-hybridized carbons (Fsp3) is 0.611. The minimum absolute atomic E-state index is 0.0256. The minimum atomic E-state index is -1.17. The molecule has 1 fully saturated rings. The molecule has 0 bridgehead atoms. The van der Waals surface area contributed by atoms with E-state index in [0.29, 0.717) is 37.5 Å². The normalized spacial score (nSPS) is 16.8. The van der Waals surface area contributed by atoms with E-state index in [2.05, 4.69) is 36.3 Å². The quantitative estimate of drug-likeness (QED) is 0.0788. The van der Waals surface area contributed by atoms with Crippen LogP contribution >= 0.6 is 0 Å². The number of methoxy groups -OCH3 is 2. The minimum Gasteiger partial charge on any atom is -0.480 e. The van der Waals surface area contributed by atoms with E-state index < -0.39 is 66.1 Å². The van der Waals surface area contributed by atoms with E-state index in [-0.39, 0.29) is 80.0 Å². The van der Waals surface area contributed by atoms with Crippen molar-refractivity contribution < 1.29 is 48.1 Å². The number of rotatable bonds is 28. The summed E-state index contributed by atoms with van der Waals surface area (Å²) in [5, 5.41) is 34.4. The number of benzene rings is 2. The molecule has 0 radical (unpaired) electrons. The topological polar surface area (TPSA) is 256 Å². The summed E-state index contributed by atoms with van der Waals surface area (Å²) in [6.07, 6.45) is 0.751. The highest BCUT2D eigenvalue weighted by Crippen LogP contribution is 2.30. The number of carboxylic acids is 1. The van der Waals surface area contributed by atoms with Gasteiger partial charge in [-0.25, -0.2) is 4.79 Å². The number of hydrogen-bond acceptors (Lipinski definition) is 13. The van der Waals surface area contributed by atoms with E-state index in [1.807, 2.05) is 71.9 Å². The van der Waals surface area contributed by atoms with Crippen LogP contribution in [-0.4, -0.2) is 159 Å². The maximum absolute atomic E-state index is 14.7. The standard InChI is InChI=1S/C54H80N10O10/c1-13-34(6)48(42(73-11)30-45(67)64-28-18-21-41(64)49(74-12)35(7)51(68)56-40(54(71)72)29-37-19-15-14-16-20-37)63(10)53(70)46(32(2)3)57-52(69)47(33(4)5)62(9)44(66)23-17-22-43(65)55-31-38-24-26-39(27-25-38)50-60-58-36(8)59-61-50/h14-16,19-20,24-27,32-35,40-42,46-49H,13,17-18,21-23,28-31H2,1-12H3,(H,55,65)(H,56,68)(H,57,69)(H,71,72)/t34-,35+,40-,41-,42+,46-,47-,48-,49+/m0/s1. The van der Waals surface area contributed by atoms with E-state index in [4.69, 9.17) is 9.47 Å². The summed E-state index contributed by atoms with van der Waals surface area (Å²) in [6.45, 7) is 15.3. The van der Waals surface area contributed by atoms with Crippen molar-refractivity contribution in [1.82, 2.24) is 51.0 Å². The predicted molar refractivity (Wildman–Crippen MR) is 277 cm³/mol. The van der Waals surface area contributed by atoms with Crippen LogP contribution in [0.3, 0.4) is 0 Å². The lowest BCUT2D eigenvalue weighted by atomic mass is 9.89. The highest BCUT2D eigenvalue weighted by molar-refractivity contribution is 5.92. The SMILES string of the molecule is CC[C@H](C)[C@@H]([C@@H](CC(=O)N1CCC[C@H]1[C@H](OC)[C@@H](C)C(=O)N[C@@H](Cc1ccccc1)C(=O)O)OC)N(C)C(=O)[C@@H](NC(=O)[C@H](C(C)C)N(C)C(=O)CCCC(=O)NCc1ccc(-c2nnc(C)nn2)cc1)C(C)C. The first kappa shape index (κ1) is 60.1. The number of aliphatic carboxylic acids is 1. The summed E-state index contributed by atoms with van der Waals surface area (Å²) in [7, 11) is 6.18. The molecule has 0 spiro atoms. The summed E-state index contributed by atoms with van der Waals surface area (Å²) >= 11 is 0. The van der Waals surface area contributed by atoms with Gasteiger partial charge in [0.1, 0.15) is 18.1 Å². The third-order valence-corrected chi connectivity index (χ3v) is 14.2. The number of carboxylic acid groups (broad SMARTS) is 1. The molecule has 20 nitrogen and oxygen atoms in total.